The summed E-state index contributed by atoms with van der Waals surface area (Å²) in [4.78, 5) is 28.5. The number of rotatable bonds is 3. The molecule has 0 spiro atoms. The van der Waals surface area contributed by atoms with Crippen LogP contribution in [0.25, 0.3) is 11.1 Å². The van der Waals surface area contributed by atoms with E-state index in [2.05, 4.69) is 5.48 Å². The van der Waals surface area contributed by atoms with Gasteiger partial charge in [-0.2, -0.15) is 0 Å². The lowest BCUT2D eigenvalue weighted by atomic mass is 10.2. The van der Waals surface area contributed by atoms with Crippen molar-refractivity contribution in [1.82, 2.24) is 10.0 Å². The van der Waals surface area contributed by atoms with Crippen molar-refractivity contribution in [1.29, 1.82) is 0 Å². The lowest BCUT2D eigenvalue weighted by Gasteiger charge is -2.18. The molecule has 2 rings (SSSR count). The Hall–Kier alpha value is -2.08. The zero-order chi connectivity index (χ0) is 14.0. The Morgan fingerprint density at radius 1 is 1.37 bits per heavy atom. The van der Waals surface area contributed by atoms with Crippen molar-refractivity contribution >= 4 is 17.0 Å². The minimum absolute atomic E-state index is 0.147. The molecule has 0 bridgehead atoms. The van der Waals surface area contributed by atoms with E-state index in [1.807, 2.05) is 20.8 Å². The number of nitrogens with one attached hydrogen (secondary N) is 1. The summed E-state index contributed by atoms with van der Waals surface area (Å²) in [5.41, 5.74) is 2.86. The standard InChI is InChI=1S/C13H16N2O4/c1-13(2,3)19-14-11(16)8-15-9-6-4-5-7-10(9)18-12(15)17/h4-7H,8H2,1-3H3,(H,14,16). The van der Waals surface area contributed by atoms with Gasteiger partial charge >= 0.3 is 5.76 Å². The van der Waals surface area contributed by atoms with Crippen LogP contribution in [-0.4, -0.2) is 16.1 Å². The van der Waals surface area contributed by atoms with Crippen LogP contribution in [0.2, 0.25) is 0 Å². The molecule has 0 radical (unpaired) electrons. The quantitative estimate of drug-likeness (QED) is 0.851. The summed E-state index contributed by atoms with van der Waals surface area (Å²) < 4.78 is 6.29. The summed E-state index contributed by atoms with van der Waals surface area (Å²) in [5, 5.41) is 0. The van der Waals surface area contributed by atoms with Gasteiger partial charge in [0.15, 0.2) is 5.58 Å². The van der Waals surface area contributed by atoms with E-state index in [1.165, 1.54) is 4.57 Å². The fourth-order valence-corrected chi connectivity index (χ4v) is 1.55. The van der Waals surface area contributed by atoms with Gasteiger partial charge in [0.2, 0.25) is 0 Å². The van der Waals surface area contributed by atoms with Crippen LogP contribution in [-0.2, 0) is 16.2 Å². The first kappa shape index (κ1) is 13.4. The second kappa shape index (κ2) is 4.89. The number of amides is 1. The summed E-state index contributed by atoms with van der Waals surface area (Å²) in [5.74, 6) is -0.976. The molecule has 6 heteroatoms. The van der Waals surface area contributed by atoms with Gasteiger partial charge in [-0.3, -0.25) is 14.2 Å². The first-order chi connectivity index (χ1) is 8.87. The third-order valence-electron chi connectivity index (χ3n) is 2.35. The number of carbonyl (C=O) groups is 1. The predicted molar refractivity (Wildman–Crippen MR) is 69.5 cm³/mol. The van der Waals surface area contributed by atoms with Crippen molar-refractivity contribution in [2.75, 3.05) is 0 Å². The number of oxazole rings is 1. The molecule has 1 aromatic heterocycles. The number of hydroxylamine groups is 1. The molecule has 0 unspecified atom stereocenters. The highest BCUT2D eigenvalue weighted by Crippen LogP contribution is 2.11. The van der Waals surface area contributed by atoms with Gasteiger partial charge < -0.3 is 4.42 Å². The van der Waals surface area contributed by atoms with Crippen LogP contribution in [0.15, 0.2) is 33.5 Å². The zero-order valence-electron chi connectivity index (χ0n) is 11.1. The monoisotopic (exact) mass is 264 g/mol. The Bertz CT molecular complexity index is 648. The van der Waals surface area contributed by atoms with Gasteiger partial charge in [-0.05, 0) is 32.9 Å². The average Bonchev–Trinajstić information content (AvgIpc) is 2.63. The van der Waals surface area contributed by atoms with Gasteiger partial charge in [-0.1, -0.05) is 12.1 Å². The van der Waals surface area contributed by atoms with E-state index in [0.717, 1.165) is 0 Å². The average molecular weight is 264 g/mol. The van der Waals surface area contributed by atoms with Crippen LogP contribution in [0.1, 0.15) is 20.8 Å². The molecule has 0 saturated carbocycles. The van der Waals surface area contributed by atoms with Crippen molar-refractivity contribution in [2.45, 2.75) is 32.9 Å². The molecule has 0 aliphatic heterocycles. The zero-order valence-corrected chi connectivity index (χ0v) is 11.1. The highest BCUT2D eigenvalue weighted by atomic mass is 16.7. The van der Waals surface area contributed by atoms with E-state index in [4.69, 9.17) is 9.25 Å². The molecular weight excluding hydrogens is 248 g/mol. The predicted octanol–water partition coefficient (Wildman–Crippen LogP) is 1.44. The van der Waals surface area contributed by atoms with E-state index < -0.39 is 17.3 Å². The second-order valence-electron chi connectivity index (χ2n) is 5.16. The molecule has 0 fully saturated rings. The molecule has 1 heterocycles. The molecule has 0 aliphatic carbocycles. The molecule has 1 N–H and O–H groups in total. The van der Waals surface area contributed by atoms with E-state index in [1.54, 1.807) is 24.3 Å². The summed E-state index contributed by atoms with van der Waals surface area (Å²) in [6.07, 6.45) is 0. The maximum absolute atomic E-state index is 11.7. The lowest BCUT2D eigenvalue weighted by molar-refractivity contribution is -0.146. The van der Waals surface area contributed by atoms with Crippen molar-refractivity contribution in [2.24, 2.45) is 0 Å². The van der Waals surface area contributed by atoms with E-state index >= 15 is 0 Å². The first-order valence-electron chi connectivity index (χ1n) is 5.92. The van der Waals surface area contributed by atoms with Crippen LogP contribution < -0.4 is 11.2 Å². The van der Waals surface area contributed by atoms with Crippen LogP contribution in [0.3, 0.4) is 0 Å². The van der Waals surface area contributed by atoms with Crippen molar-refractivity contribution in [3.63, 3.8) is 0 Å². The maximum atomic E-state index is 11.7. The molecule has 0 saturated heterocycles. The Labute approximate surface area is 109 Å². The van der Waals surface area contributed by atoms with Crippen LogP contribution >= 0.6 is 0 Å². The molecule has 2 aromatic rings. The summed E-state index contributed by atoms with van der Waals surface area (Å²) in [7, 11) is 0. The number of hydrogen-bond acceptors (Lipinski definition) is 4. The SMILES string of the molecule is CC(C)(C)ONC(=O)Cn1c(=O)oc2ccccc21. The highest BCUT2D eigenvalue weighted by molar-refractivity contribution is 5.78. The molecule has 1 aromatic carbocycles. The topological polar surface area (TPSA) is 73.5 Å². The Balaban J connectivity index is 2.15. The number of aromatic nitrogens is 1. The summed E-state index contributed by atoms with van der Waals surface area (Å²) in [6.45, 7) is 5.29. The Kier molecular flexibility index (Phi) is 3.44. The Morgan fingerprint density at radius 2 is 2.05 bits per heavy atom. The van der Waals surface area contributed by atoms with Crippen molar-refractivity contribution in [3.8, 4) is 0 Å². The van der Waals surface area contributed by atoms with Gasteiger partial charge in [-0.15, -0.1) is 0 Å². The number of nitrogens with zero attached hydrogens (tertiary/aromatic N) is 1. The van der Waals surface area contributed by atoms with Crippen molar-refractivity contribution < 1.29 is 14.0 Å². The molecular formula is C13H16N2O4. The van der Waals surface area contributed by atoms with E-state index in [0.29, 0.717) is 11.1 Å². The van der Waals surface area contributed by atoms with E-state index in [-0.39, 0.29) is 6.54 Å². The van der Waals surface area contributed by atoms with Crippen LogP contribution in [0.5, 0.6) is 0 Å². The van der Waals surface area contributed by atoms with Gasteiger partial charge in [0.25, 0.3) is 5.91 Å². The number of para-hydroxylation sites is 2. The normalized spacial score (nSPS) is 11.7. The molecule has 6 nitrogen and oxygen atoms in total. The molecule has 1 amide bonds. The van der Waals surface area contributed by atoms with Gasteiger partial charge in [-0.25, -0.2) is 10.3 Å². The maximum Gasteiger partial charge on any atom is 0.420 e. The van der Waals surface area contributed by atoms with Gasteiger partial charge in [0, 0.05) is 0 Å². The number of hydrogen-bond donors (Lipinski definition) is 1. The molecule has 19 heavy (non-hydrogen) atoms. The molecule has 0 atom stereocenters. The largest absolute Gasteiger partial charge is 0.420 e. The van der Waals surface area contributed by atoms with Crippen LogP contribution in [0.4, 0.5) is 0 Å². The fraction of sp³-hybridized carbons (Fsp3) is 0.385. The molecule has 102 valence electrons. The van der Waals surface area contributed by atoms with Crippen LogP contribution in [0, 0.1) is 0 Å². The minimum atomic E-state index is -0.563. The third-order valence-corrected chi connectivity index (χ3v) is 2.35. The summed E-state index contributed by atoms with van der Waals surface area (Å²) >= 11 is 0. The second-order valence-corrected chi connectivity index (χ2v) is 5.16. The smallest absolute Gasteiger partial charge is 0.408 e. The van der Waals surface area contributed by atoms with Crippen molar-refractivity contribution in [3.05, 3.63) is 34.8 Å². The number of fused-ring (bicyclic) bond motifs is 1. The molecule has 0 aliphatic rings. The highest BCUT2D eigenvalue weighted by Gasteiger charge is 2.15. The first-order valence-corrected chi connectivity index (χ1v) is 5.92. The lowest BCUT2D eigenvalue weighted by Crippen LogP contribution is -2.36. The summed E-state index contributed by atoms with van der Waals surface area (Å²) in [6, 6.07) is 6.94. The fourth-order valence-electron chi connectivity index (χ4n) is 1.55. The van der Waals surface area contributed by atoms with Gasteiger partial charge in [0.1, 0.15) is 6.54 Å². The Morgan fingerprint density at radius 3 is 2.74 bits per heavy atom. The van der Waals surface area contributed by atoms with E-state index in [9.17, 15) is 9.59 Å². The number of carbonyl (C=O) groups excluding carboxylic acids is 1. The van der Waals surface area contributed by atoms with Gasteiger partial charge in [0.05, 0.1) is 11.1 Å². The number of benzene rings is 1. The third kappa shape index (κ3) is 3.23. The minimum Gasteiger partial charge on any atom is -0.408 e.